The molecule has 1 aromatic rings. The maximum atomic E-state index is 5.70. The third kappa shape index (κ3) is 3.13. The molecule has 2 nitrogen and oxygen atoms in total. The maximum Gasteiger partial charge on any atom is 0.129 e. The van der Waals surface area contributed by atoms with Crippen molar-refractivity contribution in [3.05, 3.63) is 41.7 Å². The average Bonchev–Trinajstić information content (AvgIpc) is 2.18. The fourth-order valence-electron chi connectivity index (χ4n) is 1.20. The Labute approximate surface area is 90.0 Å². The number of aromatic nitrogens is 1. The lowest BCUT2D eigenvalue weighted by Crippen LogP contribution is -2.26. The largest absolute Gasteiger partial charge is 0.304 e. The molecule has 0 radical (unpaired) electrons. The summed E-state index contributed by atoms with van der Waals surface area (Å²) in [5.74, 6) is 0. The summed E-state index contributed by atoms with van der Waals surface area (Å²) in [5, 5.41) is 3.89. The molecule has 0 bridgehead atoms. The predicted octanol–water partition coefficient (Wildman–Crippen LogP) is 2.96. The van der Waals surface area contributed by atoms with E-state index >= 15 is 0 Å². The maximum absolute atomic E-state index is 5.70. The predicted molar refractivity (Wildman–Crippen MR) is 60.5 cm³/mol. The summed E-state index contributed by atoms with van der Waals surface area (Å²) in [6, 6.07) is 4.32. The standard InChI is InChI=1S/C11H15ClN2/c1-4-8(2)14-9(3)10-5-6-11(12)13-7-10/h4-9,14H,1H2,2-3H3. The molecular weight excluding hydrogens is 196 g/mol. The monoisotopic (exact) mass is 210 g/mol. The second-order valence-corrected chi connectivity index (χ2v) is 3.71. The van der Waals surface area contributed by atoms with E-state index in [1.807, 2.05) is 12.1 Å². The Morgan fingerprint density at radius 2 is 2.21 bits per heavy atom. The summed E-state index contributed by atoms with van der Waals surface area (Å²) in [6.07, 6.45) is 3.66. The summed E-state index contributed by atoms with van der Waals surface area (Å²) in [5.41, 5.74) is 1.13. The normalized spacial score (nSPS) is 14.8. The van der Waals surface area contributed by atoms with Gasteiger partial charge in [0.25, 0.3) is 0 Å². The molecule has 0 aliphatic rings. The van der Waals surface area contributed by atoms with Gasteiger partial charge < -0.3 is 5.32 Å². The van der Waals surface area contributed by atoms with Crippen LogP contribution in [-0.4, -0.2) is 11.0 Å². The minimum atomic E-state index is 0.257. The minimum Gasteiger partial charge on any atom is -0.304 e. The summed E-state index contributed by atoms with van der Waals surface area (Å²) < 4.78 is 0. The van der Waals surface area contributed by atoms with Crippen LogP contribution in [0.25, 0.3) is 0 Å². The first-order valence-electron chi connectivity index (χ1n) is 4.63. The fraction of sp³-hybridized carbons (Fsp3) is 0.364. The SMILES string of the molecule is C=CC(C)NC(C)c1ccc(Cl)nc1. The highest BCUT2D eigenvalue weighted by Gasteiger charge is 2.06. The van der Waals surface area contributed by atoms with Crippen molar-refractivity contribution in [2.24, 2.45) is 0 Å². The van der Waals surface area contributed by atoms with Crippen LogP contribution in [0.2, 0.25) is 5.15 Å². The van der Waals surface area contributed by atoms with Gasteiger partial charge in [0.05, 0.1) is 0 Å². The van der Waals surface area contributed by atoms with Gasteiger partial charge in [-0.05, 0) is 25.5 Å². The van der Waals surface area contributed by atoms with Gasteiger partial charge in [0.15, 0.2) is 0 Å². The molecule has 1 aromatic heterocycles. The van der Waals surface area contributed by atoms with Gasteiger partial charge in [-0.15, -0.1) is 6.58 Å². The minimum absolute atomic E-state index is 0.257. The van der Waals surface area contributed by atoms with Gasteiger partial charge in [-0.2, -0.15) is 0 Å². The highest BCUT2D eigenvalue weighted by molar-refractivity contribution is 6.29. The van der Waals surface area contributed by atoms with Crippen molar-refractivity contribution in [3.63, 3.8) is 0 Å². The van der Waals surface area contributed by atoms with E-state index in [2.05, 4.69) is 30.7 Å². The van der Waals surface area contributed by atoms with Gasteiger partial charge in [0, 0.05) is 18.3 Å². The van der Waals surface area contributed by atoms with E-state index in [1.165, 1.54) is 0 Å². The van der Waals surface area contributed by atoms with Crippen LogP contribution in [0.3, 0.4) is 0 Å². The molecule has 0 saturated heterocycles. The molecule has 1 rings (SSSR count). The van der Waals surface area contributed by atoms with Crippen molar-refractivity contribution in [1.29, 1.82) is 0 Å². The second-order valence-electron chi connectivity index (χ2n) is 3.33. The van der Waals surface area contributed by atoms with Crippen molar-refractivity contribution in [3.8, 4) is 0 Å². The zero-order valence-corrected chi connectivity index (χ0v) is 9.25. The molecule has 0 aromatic carbocycles. The number of nitrogens with zero attached hydrogens (tertiary/aromatic N) is 1. The van der Waals surface area contributed by atoms with E-state index in [4.69, 9.17) is 11.6 Å². The van der Waals surface area contributed by atoms with E-state index in [9.17, 15) is 0 Å². The zero-order chi connectivity index (χ0) is 10.6. The smallest absolute Gasteiger partial charge is 0.129 e. The van der Waals surface area contributed by atoms with Crippen LogP contribution in [-0.2, 0) is 0 Å². The summed E-state index contributed by atoms with van der Waals surface area (Å²) >= 11 is 5.70. The van der Waals surface area contributed by atoms with E-state index in [-0.39, 0.29) is 6.04 Å². The average molecular weight is 211 g/mol. The van der Waals surface area contributed by atoms with Crippen molar-refractivity contribution in [1.82, 2.24) is 10.3 Å². The second kappa shape index (κ2) is 5.13. The topological polar surface area (TPSA) is 24.9 Å². The van der Waals surface area contributed by atoms with Gasteiger partial charge in [-0.3, -0.25) is 0 Å². The first-order chi connectivity index (χ1) is 6.63. The van der Waals surface area contributed by atoms with Crippen LogP contribution >= 0.6 is 11.6 Å². The Balaban J connectivity index is 2.64. The Morgan fingerprint density at radius 3 is 2.71 bits per heavy atom. The molecule has 0 saturated carbocycles. The first kappa shape index (κ1) is 11.2. The van der Waals surface area contributed by atoms with Gasteiger partial charge in [0.1, 0.15) is 5.15 Å². The van der Waals surface area contributed by atoms with Gasteiger partial charge in [0.2, 0.25) is 0 Å². The highest BCUT2D eigenvalue weighted by Crippen LogP contribution is 2.13. The van der Waals surface area contributed by atoms with E-state index in [0.717, 1.165) is 5.56 Å². The Hall–Kier alpha value is -0.860. The Bertz CT molecular complexity index is 295. The van der Waals surface area contributed by atoms with Crippen molar-refractivity contribution in [2.75, 3.05) is 0 Å². The number of pyridine rings is 1. The van der Waals surface area contributed by atoms with Crippen LogP contribution < -0.4 is 5.32 Å². The number of rotatable bonds is 4. The Morgan fingerprint density at radius 1 is 1.50 bits per heavy atom. The van der Waals surface area contributed by atoms with E-state index in [0.29, 0.717) is 11.2 Å². The molecule has 14 heavy (non-hydrogen) atoms. The molecule has 0 spiro atoms. The fourth-order valence-corrected chi connectivity index (χ4v) is 1.31. The third-order valence-electron chi connectivity index (χ3n) is 2.12. The van der Waals surface area contributed by atoms with Crippen LogP contribution in [0.1, 0.15) is 25.5 Å². The van der Waals surface area contributed by atoms with Crippen molar-refractivity contribution >= 4 is 11.6 Å². The molecule has 0 aliphatic carbocycles. The van der Waals surface area contributed by atoms with E-state index < -0.39 is 0 Å². The molecule has 2 unspecified atom stereocenters. The number of hydrogen-bond donors (Lipinski definition) is 1. The molecule has 3 heteroatoms. The van der Waals surface area contributed by atoms with Crippen LogP contribution in [0, 0.1) is 0 Å². The lowest BCUT2D eigenvalue weighted by atomic mass is 10.1. The zero-order valence-electron chi connectivity index (χ0n) is 8.50. The molecule has 1 heterocycles. The van der Waals surface area contributed by atoms with Crippen LogP contribution in [0.5, 0.6) is 0 Å². The van der Waals surface area contributed by atoms with Crippen molar-refractivity contribution < 1.29 is 0 Å². The third-order valence-corrected chi connectivity index (χ3v) is 2.34. The van der Waals surface area contributed by atoms with Gasteiger partial charge in [-0.25, -0.2) is 4.98 Å². The van der Waals surface area contributed by atoms with Gasteiger partial charge in [-0.1, -0.05) is 23.7 Å². The molecule has 76 valence electrons. The Kier molecular flexibility index (Phi) is 4.11. The van der Waals surface area contributed by atoms with Crippen LogP contribution in [0.15, 0.2) is 31.0 Å². The van der Waals surface area contributed by atoms with Crippen LogP contribution in [0.4, 0.5) is 0 Å². The summed E-state index contributed by atoms with van der Waals surface area (Å²) in [7, 11) is 0. The van der Waals surface area contributed by atoms with Crippen molar-refractivity contribution in [2.45, 2.75) is 25.9 Å². The number of halogens is 1. The van der Waals surface area contributed by atoms with Gasteiger partial charge >= 0.3 is 0 Å². The number of hydrogen-bond acceptors (Lipinski definition) is 2. The lowest BCUT2D eigenvalue weighted by molar-refractivity contribution is 0.536. The number of nitrogens with one attached hydrogen (secondary N) is 1. The molecule has 2 atom stereocenters. The molecule has 0 aliphatic heterocycles. The highest BCUT2D eigenvalue weighted by atomic mass is 35.5. The lowest BCUT2D eigenvalue weighted by Gasteiger charge is -2.17. The molecule has 0 fully saturated rings. The summed E-state index contributed by atoms with van der Waals surface area (Å²) in [4.78, 5) is 4.03. The van der Waals surface area contributed by atoms with E-state index in [1.54, 1.807) is 12.3 Å². The molecular formula is C11H15ClN2. The molecule has 1 N–H and O–H groups in total. The quantitative estimate of drug-likeness (QED) is 0.611. The molecule has 0 amide bonds. The first-order valence-corrected chi connectivity index (χ1v) is 5.01. The summed E-state index contributed by atoms with van der Waals surface area (Å²) in [6.45, 7) is 7.87.